The van der Waals surface area contributed by atoms with Gasteiger partial charge in [0.15, 0.2) is 11.6 Å². The second-order valence-corrected chi connectivity index (χ2v) is 7.16. The number of aromatic nitrogens is 2. The van der Waals surface area contributed by atoms with Crippen molar-refractivity contribution in [2.45, 2.75) is 51.7 Å². The van der Waals surface area contributed by atoms with Crippen molar-refractivity contribution in [2.75, 3.05) is 7.05 Å². The number of halogens is 2. The van der Waals surface area contributed by atoms with E-state index in [0.29, 0.717) is 5.69 Å². The number of carbonyl (C=O) groups excluding carboxylic acids is 1. The van der Waals surface area contributed by atoms with E-state index in [1.807, 2.05) is 13.0 Å². The number of likely N-dealkylation sites (N-methyl/N-ethyl adjacent to an activating group) is 1. The number of carbonyl (C=O) groups is 1. The molecular formula is C20H24F2N4O2. The molecule has 3 rings (SSSR count). The molecule has 1 N–H and O–H groups in total. The zero-order valence-electron chi connectivity index (χ0n) is 16.2. The fourth-order valence-corrected chi connectivity index (χ4v) is 3.23. The van der Waals surface area contributed by atoms with E-state index in [4.69, 9.17) is 4.74 Å². The van der Waals surface area contributed by atoms with Crippen LogP contribution in [0.2, 0.25) is 0 Å². The van der Waals surface area contributed by atoms with Gasteiger partial charge in [-0.3, -0.25) is 19.7 Å². The van der Waals surface area contributed by atoms with Gasteiger partial charge in [-0.05, 0) is 32.5 Å². The summed E-state index contributed by atoms with van der Waals surface area (Å²) in [6, 6.07) is 2.55. The topological polar surface area (TPSA) is 67.3 Å². The van der Waals surface area contributed by atoms with Crippen LogP contribution in [0.5, 0.6) is 5.75 Å². The van der Waals surface area contributed by atoms with E-state index in [9.17, 15) is 13.6 Å². The van der Waals surface area contributed by atoms with Crippen LogP contribution in [-0.4, -0.2) is 46.1 Å². The molecule has 2 aromatic heterocycles. The molecule has 0 spiro atoms. The van der Waals surface area contributed by atoms with Crippen molar-refractivity contribution in [1.82, 2.24) is 20.2 Å². The first-order chi connectivity index (χ1) is 13.3. The fourth-order valence-electron chi connectivity index (χ4n) is 3.23. The van der Waals surface area contributed by atoms with Gasteiger partial charge in [-0.15, -0.1) is 0 Å². The molecule has 1 saturated heterocycles. The van der Waals surface area contributed by atoms with Crippen LogP contribution in [-0.2, 0) is 17.9 Å². The lowest BCUT2D eigenvalue weighted by molar-refractivity contribution is -0.125. The van der Waals surface area contributed by atoms with E-state index < -0.39 is 18.0 Å². The first-order valence-corrected chi connectivity index (χ1v) is 9.16. The SMILES string of the molecule is Cc1cncc(COc2cc(CNC(=O)[C@@H]3C[C@@H](F)[C@H](C)N3C)ncc2F)c1. The Labute approximate surface area is 162 Å². The summed E-state index contributed by atoms with van der Waals surface area (Å²) >= 11 is 0. The van der Waals surface area contributed by atoms with E-state index in [0.717, 1.165) is 17.3 Å². The number of pyridine rings is 2. The molecule has 0 radical (unpaired) electrons. The summed E-state index contributed by atoms with van der Waals surface area (Å²) in [6.07, 6.45) is 3.59. The Morgan fingerprint density at radius 3 is 2.82 bits per heavy atom. The van der Waals surface area contributed by atoms with Crippen molar-refractivity contribution < 1.29 is 18.3 Å². The number of rotatable bonds is 6. The van der Waals surface area contributed by atoms with Gasteiger partial charge in [0.2, 0.25) is 5.91 Å². The van der Waals surface area contributed by atoms with Crippen molar-refractivity contribution >= 4 is 5.91 Å². The third kappa shape index (κ3) is 4.62. The zero-order chi connectivity index (χ0) is 20.3. The largest absolute Gasteiger partial charge is 0.486 e. The van der Waals surface area contributed by atoms with Crippen molar-refractivity contribution in [1.29, 1.82) is 0 Å². The Morgan fingerprint density at radius 2 is 2.14 bits per heavy atom. The van der Waals surface area contributed by atoms with Crippen LogP contribution < -0.4 is 10.1 Å². The Bertz CT molecular complexity index is 849. The van der Waals surface area contributed by atoms with E-state index in [-0.39, 0.29) is 37.3 Å². The molecule has 0 aliphatic carbocycles. The van der Waals surface area contributed by atoms with Crippen molar-refractivity contribution in [3.63, 3.8) is 0 Å². The molecule has 3 atom stereocenters. The highest BCUT2D eigenvalue weighted by atomic mass is 19.1. The molecule has 8 heteroatoms. The van der Waals surface area contributed by atoms with E-state index in [1.54, 1.807) is 31.3 Å². The molecule has 3 heterocycles. The van der Waals surface area contributed by atoms with Gasteiger partial charge in [-0.2, -0.15) is 0 Å². The molecule has 28 heavy (non-hydrogen) atoms. The highest BCUT2D eigenvalue weighted by Gasteiger charge is 2.40. The van der Waals surface area contributed by atoms with E-state index in [1.165, 1.54) is 6.07 Å². The number of alkyl halides is 1. The fraction of sp³-hybridized carbons (Fsp3) is 0.450. The number of nitrogens with one attached hydrogen (secondary N) is 1. The van der Waals surface area contributed by atoms with Crippen LogP contribution in [0.1, 0.15) is 30.2 Å². The highest BCUT2D eigenvalue weighted by Crippen LogP contribution is 2.25. The molecule has 1 aliphatic rings. The van der Waals surface area contributed by atoms with Gasteiger partial charge in [0.25, 0.3) is 0 Å². The zero-order valence-corrected chi connectivity index (χ0v) is 16.2. The van der Waals surface area contributed by atoms with Crippen molar-refractivity contribution in [3.05, 3.63) is 53.4 Å². The highest BCUT2D eigenvalue weighted by molar-refractivity contribution is 5.82. The molecule has 6 nitrogen and oxygen atoms in total. The number of aryl methyl sites for hydroxylation is 1. The summed E-state index contributed by atoms with van der Waals surface area (Å²) in [7, 11) is 1.73. The Kier molecular flexibility index (Phi) is 6.18. The van der Waals surface area contributed by atoms with Crippen LogP contribution in [0, 0.1) is 12.7 Å². The van der Waals surface area contributed by atoms with Crippen molar-refractivity contribution in [3.8, 4) is 5.75 Å². The Morgan fingerprint density at radius 1 is 1.36 bits per heavy atom. The Hall–Kier alpha value is -2.61. The number of nitrogens with zero attached hydrogens (tertiary/aromatic N) is 3. The lowest BCUT2D eigenvalue weighted by Crippen LogP contribution is -2.43. The molecule has 0 saturated carbocycles. The second kappa shape index (κ2) is 8.60. The number of ether oxygens (including phenoxy) is 1. The van der Waals surface area contributed by atoms with Crippen LogP contribution in [0.3, 0.4) is 0 Å². The quantitative estimate of drug-likeness (QED) is 0.821. The predicted octanol–water partition coefficient (Wildman–Crippen LogP) is 2.55. The summed E-state index contributed by atoms with van der Waals surface area (Å²) in [4.78, 5) is 22.1. The summed E-state index contributed by atoms with van der Waals surface area (Å²) in [5, 5.41) is 2.74. The minimum atomic E-state index is -1.03. The minimum Gasteiger partial charge on any atom is -0.486 e. The monoisotopic (exact) mass is 390 g/mol. The van der Waals surface area contributed by atoms with Crippen LogP contribution in [0.25, 0.3) is 0 Å². The summed E-state index contributed by atoms with van der Waals surface area (Å²) in [5.74, 6) is -0.801. The first kappa shape index (κ1) is 20.1. The number of hydrogen-bond acceptors (Lipinski definition) is 5. The normalized spacial score (nSPS) is 22.2. The van der Waals surface area contributed by atoms with Crippen LogP contribution in [0.4, 0.5) is 8.78 Å². The van der Waals surface area contributed by atoms with Crippen LogP contribution in [0.15, 0.2) is 30.7 Å². The maximum Gasteiger partial charge on any atom is 0.237 e. The molecule has 1 fully saturated rings. The Balaban J connectivity index is 1.59. The molecule has 0 aromatic carbocycles. The van der Waals surface area contributed by atoms with Gasteiger partial charge in [-0.1, -0.05) is 0 Å². The lowest BCUT2D eigenvalue weighted by atomic mass is 10.1. The van der Waals surface area contributed by atoms with E-state index >= 15 is 0 Å². The molecular weight excluding hydrogens is 366 g/mol. The third-order valence-corrected chi connectivity index (χ3v) is 5.06. The molecule has 0 bridgehead atoms. The number of hydrogen-bond donors (Lipinski definition) is 1. The average molecular weight is 390 g/mol. The van der Waals surface area contributed by atoms with Crippen LogP contribution >= 0.6 is 0 Å². The first-order valence-electron chi connectivity index (χ1n) is 9.16. The lowest BCUT2D eigenvalue weighted by Gasteiger charge is -2.22. The number of likely N-dealkylation sites (tertiary alicyclic amines) is 1. The third-order valence-electron chi connectivity index (χ3n) is 5.06. The smallest absolute Gasteiger partial charge is 0.237 e. The molecule has 2 aromatic rings. The van der Waals surface area contributed by atoms with E-state index in [2.05, 4.69) is 15.3 Å². The number of amides is 1. The summed E-state index contributed by atoms with van der Waals surface area (Å²) in [5.41, 5.74) is 2.27. The summed E-state index contributed by atoms with van der Waals surface area (Å²) in [6.45, 7) is 3.95. The van der Waals surface area contributed by atoms with Gasteiger partial charge in [-0.25, -0.2) is 8.78 Å². The van der Waals surface area contributed by atoms with Gasteiger partial charge in [0.05, 0.1) is 24.5 Å². The summed E-state index contributed by atoms with van der Waals surface area (Å²) < 4.78 is 33.3. The minimum absolute atomic E-state index is 0.0520. The van der Waals surface area contributed by atoms with Crippen molar-refractivity contribution in [2.24, 2.45) is 0 Å². The molecule has 150 valence electrons. The average Bonchev–Trinajstić information content (AvgIpc) is 2.93. The second-order valence-electron chi connectivity index (χ2n) is 7.16. The van der Waals surface area contributed by atoms with Gasteiger partial charge in [0, 0.05) is 36.5 Å². The standard InChI is InChI=1S/C20H24F2N4O2/c1-12-4-14(8-23-7-12)11-28-19-5-15(24-10-17(19)22)9-25-20(27)18-6-16(21)13(2)26(18)3/h4-5,7-8,10,13,16,18H,6,9,11H2,1-3H3,(H,25,27)/t13-,16+,18-/m0/s1. The predicted molar refractivity (Wildman–Crippen MR) is 99.9 cm³/mol. The van der Waals surface area contributed by atoms with Gasteiger partial charge < -0.3 is 10.1 Å². The maximum absolute atomic E-state index is 14.0. The van der Waals surface area contributed by atoms with Gasteiger partial charge in [0.1, 0.15) is 12.8 Å². The van der Waals surface area contributed by atoms with Gasteiger partial charge >= 0.3 is 0 Å². The molecule has 1 aliphatic heterocycles. The molecule has 1 amide bonds. The maximum atomic E-state index is 14.0. The molecule has 0 unspecified atom stereocenters.